The molecule has 0 heterocycles. The highest BCUT2D eigenvalue weighted by Crippen LogP contribution is 2.17. The summed E-state index contributed by atoms with van der Waals surface area (Å²) in [7, 11) is 1.64. The minimum atomic E-state index is -0.295. The SMILES string of the molecule is CC(=O)c1cccc(N(C)C(=O)CC(C)C=O)c1. The smallest absolute Gasteiger partial charge is 0.227 e. The highest BCUT2D eigenvalue weighted by atomic mass is 16.2. The summed E-state index contributed by atoms with van der Waals surface area (Å²) in [6, 6.07) is 6.87. The number of carbonyl (C=O) groups is 3. The fourth-order valence-electron chi connectivity index (χ4n) is 1.54. The van der Waals surface area contributed by atoms with Crippen LogP contribution in [0.4, 0.5) is 5.69 Å². The first-order chi connectivity index (χ1) is 8.45. The molecule has 1 aromatic carbocycles. The average molecular weight is 247 g/mol. The summed E-state index contributed by atoms with van der Waals surface area (Å²) < 4.78 is 0. The van der Waals surface area contributed by atoms with Crippen molar-refractivity contribution in [2.45, 2.75) is 20.3 Å². The van der Waals surface area contributed by atoms with E-state index in [0.29, 0.717) is 11.3 Å². The molecule has 4 heteroatoms. The molecule has 0 N–H and O–H groups in total. The third-order valence-corrected chi connectivity index (χ3v) is 2.74. The van der Waals surface area contributed by atoms with Gasteiger partial charge in [-0.2, -0.15) is 0 Å². The van der Waals surface area contributed by atoms with Gasteiger partial charge in [0, 0.05) is 30.6 Å². The van der Waals surface area contributed by atoms with E-state index in [4.69, 9.17) is 0 Å². The van der Waals surface area contributed by atoms with Gasteiger partial charge in [0.2, 0.25) is 5.91 Å². The average Bonchev–Trinajstić information content (AvgIpc) is 2.37. The minimum absolute atomic E-state index is 0.0426. The van der Waals surface area contributed by atoms with Gasteiger partial charge in [0.1, 0.15) is 6.29 Å². The second-order valence-corrected chi connectivity index (χ2v) is 4.38. The Kier molecular flexibility index (Phi) is 4.77. The summed E-state index contributed by atoms with van der Waals surface area (Å²) in [5.74, 6) is -0.481. The lowest BCUT2D eigenvalue weighted by Gasteiger charge is -2.18. The van der Waals surface area contributed by atoms with E-state index in [1.54, 1.807) is 38.2 Å². The number of nitrogens with zero attached hydrogens (tertiary/aromatic N) is 1. The maximum absolute atomic E-state index is 11.9. The molecule has 0 spiro atoms. The van der Waals surface area contributed by atoms with Crippen molar-refractivity contribution in [3.05, 3.63) is 29.8 Å². The van der Waals surface area contributed by atoms with Gasteiger partial charge in [0.25, 0.3) is 0 Å². The summed E-state index contributed by atoms with van der Waals surface area (Å²) in [5, 5.41) is 0. The number of anilines is 1. The molecule has 0 fully saturated rings. The summed E-state index contributed by atoms with van der Waals surface area (Å²) >= 11 is 0. The van der Waals surface area contributed by atoms with Gasteiger partial charge in [0.05, 0.1) is 0 Å². The Labute approximate surface area is 107 Å². The first-order valence-electron chi connectivity index (χ1n) is 5.78. The van der Waals surface area contributed by atoms with Crippen molar-refractivity contribution in [3.63, 3.8) is 0 Å². The van der Waals surface area contributed by atoms with Crippen LogP contribution >= 0.6 is 0 Å². The van der Waals surface area contributed by atoms with Crippen molar-refractivity contribution in [1.29, 1.82) is 0 Å². The van der Waals surface area contributed by atoms with Gasteiger partial charge < -0.3 is 9.69 Å². The lowest BCUT2D eigenvalue weighted by atomic mass is 10.1. The lowest BCUT2D eigenvalue weighted by Crippen LogP contribution is -2.28. The topological polar surface area (TPSA) is 54.5 Å². The van der Waals surface area contributed by atoms with Crippen molar-refractivity contribution in [3.8, 4) is 0 Å². The highest BCUT2D eigenvalue weighted by Gasteiger charge is 2.15. The summed E-state index contributed by atoms with van der Waals surface area (Å²) in [6.07, 6.45) is 0.933. The monoisotopic (exact) mass is 247 g/mol. The molecule has 1 rings (SSSR count). The van der Waals surface area contributed by atoms with E-state index in [1.165, 1.54) is 11.8 Å². The molecule has 0 bridgehead atoms. The zero-order valence-corrected chi connectivity index (χ0v) is 10.8. The number of hydrogen-bond donors (Lipinski definition) is 0. The van der Waals surface area contributed by atoms with Gasteiger partial charge in [-0.05, 0) is 19.1 Å². The van der Waals surface area contributed by atoms with Crippen LogP contribution in [0.2, 0.25) is 0 Å². The van der Waals surface area contributed by atoms with E-state index in [1.807, 2.05) is 0 Å². The molecule has 0 saturated carbocycles. The number of carbonyl (C=O) groups excluding carboxylic acids is 3. The number of ketones is 1. The van der Waals surface area contributed by atoms with Crippen LogP contribution < -0.4 is 4.90 Å². The van der Waals surface area contributed by atoms with Gasteiger partial charge in [0.15, 0.2) is 5.78 Å². The molecule has 1 amide bonds. The Balaban J connectivity index is 2.86. The van der Waals surface area contributed by atoms with Crippen LogP contribution in [0.1, 0.15) is 30.6 Å². The van der Waals surface area contributed by atoms with E-state index in [0.717, 1.165) is 6.29 Å². The molecule has 18 heavy (non-hydrogen) atoms. The largest absolute Gasteiger partial charge is 0.315 e. The Hall–Kier alpha value is -1.97. The second kappa shape index (κ2) is 6.10. The van der Waals surface area contributed by atoms with E-state index in [9.17, 15) is 14.4 Å². The zero-order valence-electron chi connectivity index (χ0n) is 10.8. The molecule has 0 aliphatic heterocycles. The number of amides is 1. The predicted molar refractivity (Wildman–Crippen MR) is 69.7 cm³/mol. The maximum Gasteiger partial charge on any atom is 0.227 e. The molecule has 0 aliphatic rings. The fourth-order valence-corrected chi connectivity index (χ4v) is 1.54. The maximum atomic E-state index is 11.9. The number of hydrogen-bond acceptors (Lipinski definition) is 3. The molecule has 1 unspecified atom stereocenters. The van der Waals surface area contributed by atoms with Crippen LogP contribution in [0.3, 0.4) is 0 Å². The molecule has 0 aromatic heterocycles. The molecular formula is C14H17NO3. The van der Waals surface area contributed by atoms with Crippen molar-refractivity contribution in [2.75, 3.05) is 11.9 Å². The highest BCUT2D eigenvalue weighted by molar-refractivity contribution is 5.98. The zero-order chi connectivity index (χ0) is 13.7. The van der Waals surface area contributed by atoms with Crippen molar-refractivity contribution in [2.24, 2.45) is 5.92 Å². The molecule has 0 aliphatic carbocycles. The van der Waals surface area contributed by atoms with Crippen LogP contribution in [0.25, 0.3) is 0 Å². The van der Waals surface area contributed by atoms with Crippen molar-refractivity contribution < 1.29 is 14.4 Å². The Morgan fingerprint density at radius 3 is 2.61 bits per heavy atom. The van der Waals surface area contributed by atoms with Gasteiger partial charge >= 0.3 is 0 Å². The first kappa shape index (κ1) is 14.1. The standard InChI is InChI=1S/C14H17NO3/c1-10(9-16)7-14(18)15(3)13-6-4-5-12(8-13)11(2)17/h4-6,8-10H,7H2,1-3H3. The Bertz CT molecular complexity index is 468. The fraction of sp³-hybridized carbons (Fsp3) is 0.357. The molecule has 1 atom stereocenters. The second-order valence-electron chi connectivity index (χ2n) is 4.38. The van der Waals surface area contributed by atoms with Gasteiger partial charge in [-0.15, -0.1) is 0 Å². The van der Waals surface area contributed by atoms with Crippen LogP contribution in [-0.4, -0.2) is 25.0 Å². The summed E-state index contributed by atoms with van der Waals surface area (Å²) in [6.45, 7) is 3.18. The minimum Gasteiger partial charge on any atom is -0.315 e. The molecule has 4 nitrogen and oxygen atoms in total. The van der Waals surface area contributed by atoms with E-state index in [2.05, 4.69) is 0 Å². The van der Waals surface area contributed by atoms with Crippen LogP contribution in [-0.2, 0) is 9.59 Å². The third-order valence-electron chi connectivity index (χ3n) is 2.74. The molecule has 1 aromatic rings. The Morgan fingerprint density at radius 1 is 1.39 bits per heavy atom. The number of benzene rings is 1. The van der Waals surface area contributed by atoms with E-state index in [-0.39, 0.29) is 24.0 Å². The third kappa shape index (κ3) is 3.52. The van der Waals surface area contributed by atoms with E-state index >= 15 is 0 Å². The predicted octanol–water partition coefficient (Wildman–Crippen LogP) is 2.08. The van der Waals surface area contributed by atoms with Crippen LogP contribution in [0.15, 0.2) is 24.3 Å². The molecular weight excluding hydrogens is 230 g/mol. The van der Waals surface area contributed by atoms with Crippen LogP contribution in [0, 0.1) is 5.92 Å². The number of Topliss-reactive ketones (excluding diaryl/α,β-unsaturated/α-hetero) is 1. The summed E-state index contributed by atoms with van der Waals surface area (Å²) in [4.78, 5) is 35.1. The van der Waals surface area contributed by atoms with Gasteiger partial charge in [-0.1, -0.05) is 19.1 Å². The number of rotatable bonds is 5. The van der Waals surface area contributed by atoms with Gasteiger partial charge in [-0.25, -0.2) is 0 Å². The summed E-state index contributed by atoms with van der Waals surface area (Å²) in [5.41, 5.74) is 1.22. The van der Waals surface area contributed by atoms with Crippen molar-refractivity contribution in [1.82, 2.24) is 0 Å². The van der Waals surface area contributed by atoms with Crippen LogP contribution in [0.5, 0.6) is 0 Å². The first-order valence-corrected chi connectivity index (χ1v) is 5.78. The van der Waals surface area contributed by atoms with Crippen molar-refractivity contribution >= 4 is 23.7 Å². The molecule has 0 radical (unpaired) electrons. The normalized spacial score (nSPS) is 11.7. The number of aldehydes is 1. The quantitative estimate of drug-likeness (QED) is 0.591. The van der Waals surface area contributed by atoms with Gasteiger partial charge in [-0.3, -0.25) is 9.59 Å². The van der Waals surface area contributed by atoms with E-state index < -0.39 is 0 Å². The Morgan fingerprint density at radius 2 is 2.06 bits per heavy atom. The molecule has 96 valence electrons. The molecule has 0 saturated heterocycles. The lowest BCUT2D eigenvalue weighted by molar-refractivity contribution is -0.121.